The Kier molecular flexibility index (Phi) is 5.36. The molecule has 0 spiro atoms. The average Bonchev–Trinajstić information content (AvgIpc) is 2.46. The molecular weight excluding hydrogens is 264 g/mol. The van der Waals surface area contributed by atoms with Crippen LogP contribution in [0.1, 0.15) is 25.7 Å². The van der Waals surface area contributed by atoms with Crippen molar-refractivity contribution >= 4 is 23.8 Å². The molecular formula is C13H22N2O3S. The summed E-state index contributed by atoms with van der Waals surface area (Å²) in [7, 11) is 0. The quantitative estimate of drug-likeness (QED) is 0.827. The van der Waals surface area contributed by atoms with Crippen LogP contribution < -0.4 is 5.32 Å². The molecule has 1 heterocycles. The van der Waals surface area contributed by atoms with Crippen LogP contribution in [0.3, 0.4) is 0 Å². The maximum atomic E-state index is 12.0. The van der Waals surface area contributed by atoms with E-state index in [4.69, 9.17) is 0 Å². The van der Waals surface area contributed by atoms with E-state index in [2.05, 4.69) is 5.32 Å². The van der Waals surface area contributed by atoms with Crippen molar-refractivity contribution in [1.82, 2.24) is 10.2 Å². The van der Waals surface area contributed by atoms with Gasteiger partial charge in [0.25, 0.3) is 0 Å². The van der Waals surface area contributed by atoms with Crippen LogP contribution in [0, 0.1) is 11.8 Å². The predicted molar refractivity (Wildman–Crippen MR) is 75.4 cm³/mol. The Balaban J connectivity index is 1.79. The summed E-state index contributed by atoms with van der Waals surface area (Å²) in [6.45, 7) is 2.09. The first-order valence-corrected chi connectivity index (χ1v) is 8.17. The number of carboxylic acids is 1. The van der Waals surface area contributed by atoms with Crippen LogP contribution in [0.5, 0.6) is 0 Å². The van der Waals surface area contributed by atoms with Crippen LogP contribution >= 0.6 is 11.8 Å². The zero-order valence-corrected chi connectivity index (χ0v) is 12.0. The molecule has 2 rings (SSSR count). The topological polar surface area (TPSA) is 69.6 Å². The van der Waals surface area contributed by atoms with Crippen LogP contribution in [0.2, 0.25) is 0 Å². The summed E-state index contributed by atoms with van der Waals surface area (Å²) in [5.74, 6) is 1.08. The third kappa shape index (κ3) is 4.03. The molecule has 2 N–H and O–H groups in total. The summed E-state index contributed by atoms with van der Waals surface area (Å²) >= 11 is 1.87. The van der Waals surface area contributed by atoms with Crippen LogP contribution in [0.15, 0.2) is 0 Å². The van der Waals surface area contributed by atoms with E-state index in [1.54, 1.807) is 0 Å². The lowest BCUT2D eigenvalue weighted by Gasteiger charge is -2.31. The van der Waals surface area contributed by atoms with Gasteiger partial charge in [0.2, 0.25) is 0 Å². The molecule has 0 bridgehead atoms. The standard InChI is InChI=1S/C13H22N2O3S/c16-12(17)11-4-2-1-3-10(11)9-14-13(18)15-5-7-19-8-6-15/h10-11H,1-9H2,(H,14,18)(H,16,17). The molecule has 0 radical (unpaired) electrons. The van der Waals surface area contributed by atoms with E-state index in [9.17, 15) is 14.7 Å². The fraction of sp³-hybridized carbons (Fsp3) is 0.846. The number of carbonyl (C=O) groups excluding carboxylic acids is 1. The van der Waals surface area contributed by atoms with Crippen molar-refractivity contribution in [3.05, 3.63) is 0 Å². The normalized spacial score (nSPS) is 27.9. The van der Waals surface area contributed by atoms with E-state index < -0.39 is 5.97 Å². The Morgan fingerprint density at radius 1 is 1.21 bits per heavy atom. The molecule has 108 valence electrons. The number of rotatable bonds is 3. The fourth-order valence-corrected chi connectivity index (χ4v) is 3.78. The van der Waals surface area contributed by atoms with Gasteiger partial charge in [-0.25, -0.2) is 4.79 Å². The molecule has 0 aromatic carbocycles. The van der Waals surface area contributed by atoms with Crippen molar-refractivity contribution in [2.45, 2.75) is 25.7 Å². The highest BCUT2D eigenvalue weighted by molar-refractivity contribution is 7.99. The van der Waals surface area contributed by atoms with Gasteiger partial charge in [-0.15, -0.1) is 0 Å². The lowest BCUT2D eigenvalue weighted by Crippen LogP contribution is -2.47. The predicted octanol–water partition coefficient (Wildman–Crippen LogP) is 1.64. The zero-order chi connectivity index (χ0) is 13.7. The van der Waals surface area contributed by atoms with E-state index in [-0.39, 0.29) is 17.9 Å². The van der Waals surface area contributed by atoms with Crippen LogP contribution in [0.4, 0.5) is 4.79 Å². The Morgan fingerprint density at radius 3 is 2.58 bits per heavy atom. The number of thioether (sulfide) groups is 1. The minimum absolute atomic E-state index is 0.0324. The van der Waals surface area contributed by atoms with Gasteiger partial charge in [0.15, 0.2) is 0 Å². The summed E-state index contributed by atoms with van der Waals surface area (Å²) < 4.78 is 0. The number of hydrogen-bond donors (Lipinski definition) is 2. The van der Waals surface area contributed by atoms with Gasteiger partial charge in [-0.1, -0.05) is 12.8 Å². The Morgan fingerprint density at radius 2 is 1.89 bits per heavy atom. The average molecular weight is 286 g/mol. The summed E-state index contributed by atoms with van der Waals surface area (Å²) in [5, 5.41) is 12.1. The smallest absolute Gasteiger partial charge is 0.317 e. The third-order valence-corrected chi connectivity index (χ3v) is 4.98. The first-order valence-electron chi connectivity index (χ1n) is 7.02. The van der Waals surface area contributed by atoms with Crippen molar-refractivity contribution < 1.29 is 14.7 Å². The van der Waals surface area contributed by atoms with Crippen molar-refractivity contribution in [2.24, 2.45) is 11.8 Å². The maximum absolute atomic E-state index is 12.0. The number of amides is 2. The number of urea groups is 1. The second-order valence-corrected chi connectivity index (χ2v) is 6.50. The van der Waals surface area contributed by atoms with Gasteiger partial charge in [-0.2, -0.15) is 11.8 Å². The minimum Gasteiger partial charge on any atom is -0.481 e. The van der Waals surface area contributed by atoms with Gasteiger partial charge in [0.05, 0.1) is 5.92 Å². The monoisotopic (exact) mass is 286 g/mol. The van der Waals surface area contributed by atoms with E-state index in [0.717, 1.165) is 50.3 Å². The number of nitrogens with zero attached hydrogens (tertiary/aromatic N) is 1. The Bertz CT molecular complexity index is 332. The summed E-state index contributed by atoms with van der Waals surface area (Å²) in [4.78, 5) is 25.0. The number of hydrogen-bond acceptors (Lipinski definition) is 3. The number of carbonyl (C=O) groups is 2. The van der Waals surface area contributed by atoms with E-state index in [1.165, 1.54) is 0 Å². The number of nitrogens with one attached hydrogen (secondary N) is 1. The molecule has 1 aliphatic carbocycles. The lowest BCUT2D eigenvalue weighted by atomic mass is 9.79. The summed E-state index contributed by atoms with van der Waals surface area (Å²) in [5.41, 5.74) is 0. The SMILES string of the molecule is O=C(O)C1CCCCC1CNC(=O)N1CCSCC1. The van der Waals surface area contributed by atoms with E-state index >= 15 is 0 Å². The van der Waals surface area contributed by atoms with Gasteiger partial charge in [-0.05, 0) is 18.8 Å². The van der Waals surface area contributed by atoms with Crippen molar-refractivity contribution in [2.75, 3.05) is 31.1 Å². The second-order valence-electron chi connectivity index (χ2n) is 5.27. The van der Waals surface area contributed by atoms with Crippen LogP contribution in [-0.4, -0.2) is 53.1 Å². The zero-order valence-electron chi connectivity index (χ0n) is 11.1. The van der Waals surface area contributed by atoms with Crippen LogP contribution in [-0.2, 0) is 4.79 Å². The fourth-order valence-electron chi connectivity index (χ4n) is 2.87. The van der Waals surface area contributed by atoms with Crippen molar-refractivity contribution in [3.8, 4) is 0 Å². The molecule has 2 amide bonds. The second kappa shape index (κ2) is 7.03. The van der Waals surface area contributed by atoms with Gasteiger partial charge in [0, 0.05) is 31.1 Å². The van der Waals surface area contributed by atoms with Gasteiger partial charge < -0.3 is 15.3 Å². The summed E-state index contributed by atoms with van der Waals surface area (Å²) in [6.07, 6.45) is 3.72. The van der Waals surface area contributed by atoms with Crippen LogP contribution in [0.25, 0.3) is 0 Å². The Labute approximate surface area is 118 Å². The van der Waals surface area contributed by atoms with Crippen molar-refractivity contribution in [1.29, 1.82) is 0 Å². The highest BCUT2D eigenvalue weighted by Gasteiger charge is 2.31. The number of aliphatic carboxylic acids is 1. The molecule has 2 unspecified atom stereocenters. The third-order valence-electron chi connectivity index (χ3n) is 4.04. The largest absolute Gasteiger partial charge is 0.481 e. The molecule has 5 nitrogen and oxygen atoms in total. The molecule has 19 heavy (non-hydrogen) atoms. The van der Waals surface area contributed by atoms with Crippen molar-refractivity contribution in [3.63, 3.8) is 0 Å². The lowest BCUT2D eigenvalue weighted by molar-refractivity contribution is -0.144. The maximum Gasteiger partial charge on any atom is 0.317 e. The van der Waals surface area contributed by atoms with Gasteiger partial charge >= 0.3 is 12.0 Å². The molecule has 2 aliphatic rings. The minimum atomic E-state index is -0.715. The first kappa shape index (κ1) is 14.5. The molecule has 6 heteroatoms. The molecule has 0 aromatic heterocycles. The number of carboxylic acid groups (broad SMARTS) is 1. The van der Waals surface area contributed by atoms with Gasteiger partial charge in [0.1, 0.15) is 0 Å². The molecule has 2 fully saturated rings. The highest BCUT2D eigenvalue weighted by atomic mass is 32.2. The molecule has 1 saturated heterocycles. The van der Waals surface area contributed by atoms with E-state index in [0.29, 0.717) is 6.54 Å². The Hall–Kier alpha value is -0.910. The molecule has 0 aromatic rings. The van der Waals surface area contributed by atoms with Gasteiger partial charge in [-0.3, -0.25) is 4.79 Å². The molecule has 2 atom stereocenters. The molecule has 1 saturated carbocycles. The summed E-state index contributed by atoms with van der Waals surface area (Å²) in [6, 6.07) is -0.0324. The highest BCUT2D eigenvalue weighted by Crippen LogP contribution is 2.29. The molecule has 1 aliphatic heterocycles. The van der Waals surface area contributed by atoms with E-state index in [1.807, 2.05) is 16.7 Å². The first-order chi connectivity index (χ1) is 9.18.